The van der Waals surface area contributed by atoms with Crippen LogP contribution in [0.4, 0.5) is 0 Å². The maximum atomic E-state index is 13.1. The van der Waals surface area contributed by atoms with E-state index in [-0.39, 0.29) is 18.4 Å². The highest BCUT2D eigenvalue weighted by molar-refractivity contribution is 5.99. The van der Waals surface area contributed by atoms with Crippen LogP contribution in [0.15, 0.2) is 28.7 Å². The van der Waals surface area contributed by atoms with Crippen LogP contribution in [0.2, 0.25) is 0 Å². The van der Waals surface area contributed by atoms with Crippen LogP contribution in [0.5, 0.6) is 0 Å². The maximum absolute atomic E-state index is 13.1. The van der Waals surface area contributed by atoms with Gasteiger partial charge >= 0.3 is 5.97 Å². The second-order valence-electron chi connectivity index (χ2n) is 6.42. The highest BCUT2D eigenvalue weighted by Gasteiger charge is 2.31. The van der Waals surface area contributed by atoms with Crippen molar-refractivity contribution in [3.63, 3.8) is 0 Å². The number of likely N-dealkylation sites (tertiary alicyclic amines) is 1. The van der Waals surface area contributed by atoms with Crippen LogP contribution in [0, 0.1) is 0 Å². The molecule has 25 heavy (non-hydrogen) atoms. The average molecular weight is 345 g/mol. The van der Waals surface area contributed by atoms with Gasteiger partial charge in [-0.3, -0.25) is 9.59 Å². The Bertz CT molecular complexity index is 766. The summed E-state index contributed by atoms with van der Waals surface area (Å²) in [5, 5.41) is 9.84. The smallest absolute Gasteiger partial charge is 0.303 e. The van der Waals surface area contributed by atoms with E-state index < -0.39 is 5.97 Å². The molecule has 6 nitrogen and oxygen atoms in total. The molecule has 0 radical (unpaired) electrons. The number of carbonyl (C=O) groups is 2. The summed E-state index contributed by atoms with van der Waals surface area (Å²) in [6, 6.07) is 7.47. The Morgan fingerprint density at radius 3 is 2.88 bits per heavy atom. The molecule has 0 saturated carbocycles. The number of benzene rings is 1. The summed E-state index contributed by atoms with van der Waals surface area (Å²) in [5.74, 6) is -0.689. The van der Waals surface area contributed by atoms with Gasteiger partial charge in [-0.05, 0) is 31.7 Å². The fourth-order valence-corrected chi connectivity index (χ4v) is 3.55. The zero-order valence-corrected chi connectivity index (χ0v) is 14.4. The molecule has 0 spiro atoms. The van der Waals surface area contributed by atoms with Crippen molar-refractivity contribution < 1.29 is 23.8 Å². The van der Waals surface area contributed by atoms with Crippen LogP contribution >= 0.6 is 0 Å². The van der Waals surface area contributed by atoms with Gasteiger partial charge in [0.15, 0.2) is 5.76 Å². The van der Waals surface area contributed by atoms with Crippen molar-refractivity contribution in [2.45, 2.75) is 44.8 Å². The Labute approximate surface area is 146 Å². The van der Waals surface area contributed by atoms with E-state index in [0.717, 1.165) is 30.2 Å². The first-order valence-corrected chi connectivity index (χ1v) is 8.64. The molecule has 1 aromatic carbocycles. The molecule has 134 valence electrons. The molecule has 1 aliphatic heterocycles. The molecule has 1 aromatic heterocycles. The largest absolute Gasteiger partial charge is 0.481 e. The van der Waals surface area contributed by atoms with E-state index in [1.54, 1.807) is 12.0 Å². The van der Waals surface area contributed by atoms with Gasteiger partial charge in [-0.15, -0.1) is 0 Å². The molecule has 3 rings (SSSR count). The molecule has 1 N–H and O–H groups in total. The molecule has 6 heteroatoms. The number of hydrogen-bond acceptors (Lipinski definition) is 4. The van der Waals surface area contributed by atoms with E-state index >= 15 is 0 Å². The van der Waals surface area contributed by atoms with E-state index in [0.29, 0.717) is 30.9 Å². The number of fused-ring (bicyclic) bond motifs is 1. The zero-order chi connectivity index (χ0) is 17.8. The van der Waals surface area contributed by atoms with E-state index in [1.165, 1.54) is 0 Å². The van der Waals surface area contributed by atoms with Crippen LogP contribution in [-0.2, 0) is 16.1 Å². The van der Waals surface area contributed by atoms with Crippen LogP contribution in [0.25, 0.3) is 11.0 Å². The highest BCUT2D eigenvalue weighted by atomic mass is 16.5. The number of nitrogens with zero attached hydrogens (tertiary/aromatic N) is 1. The number of para-hydroxylation sites is 1. The van der Waals surface area contributed by atoms with Gasteiger partial charge in [0.1, 0.15) is 5.58 Å². The number of hydrogen-bond donors (Lipinski definition) is 1. The lowest BCUT2D eigenvalue weighted by molar-refractivity contribution is -0.137. The third kappa shape index (κ3) is 3.69. The van der Waals surface area contributed by atoms with Gasteiger partial charge in [-0.1, -0.05) is 18.2 Å². The van der Waals surface area contributed by atoms with Crippen molar-refractivity contribution in [2.75, 3.05) is 13.7 Å². The maximum Gasteiger partial charge on any atom is 0.303 e. The third-order valence-electron chi connectivity index (χ3n) is 4.76. The molecule has 0 bridgehead atoms. The quantitative estimate of drug-likeness (QED) is 0.867. The predicted octanol–water partition coefficient (Wildman–Crippen LogP) is 3.44. The Balaban J connectivity index is 1.91. The predicted molar refractivity (Wildman–Crippen MR) is 92.5 cm³/mol. The monoisotopic (exact) mass is 345 g/mol. The van der Waals surface area contributed by atoms with Crippen molar-refractivity contribution in [3.05, 3.63) is 35.6 Å². The minimum atomic E-state index is -0.832. The third-order valence-corrected chi connectivity index (χ3v) is 4.76. The SMILES string of the molecule is COCc1c(C(=O)N2CCCCC2CCC(=O)O)oc2ccccc12. The summed E-state index contributed by atoms with van der Waals surface area (Å²) < 4.78 is 11.1. The molecular formula is C19H23NO5. The topological polar surface area (TPSA) is 80.0 Å². The lowest BCUT2D eigenvalue weighted by Gasteiger charge is -2.35. The number of carbonyl (C=O) groups excluding carboxylic acids is 1. The van der Waals surface area contributed by atoms with Crippen molar-refractivity contribution in [1.82, 2.24) is 4.90 Å². The number of carboxylic acids is 1. The number of piperidine rings is 1. The molecule has 1 aliphatic rings. The summed E-state index contributed by atoms with van der Waals surface area (Å²) >= 11 is 0. The van der Waals surface area contributed by atoms with Crippen molar-refractivity contribution in [3.8, 4) is 0 Å². The number of rotatable bonds is 6. The molecule has 0 aliphatic carbocycles. The molecule has 1 amide bonds. The van der Waals surface area contributed by atoms with Gasteiger partial charge < -0.3 is 19.2 Å². The number of methoxy groups -OCH3 is 1. The molecular weight excluding hydrogens is 322 g/mol. The minimum absolute atomic E-state index is 0.0547. The molecule has 1 fully saturated rings. The van der Waals surface area contributed by atoms with Crippen LogP contribution in [-0.4, -0.2) is 41.6 Å². The average Bonchev–Trinajstić information content (AvgIpc) is 2.99. The Morgan fingerprint density at radius 1 is 1.32 bits per heavy atom. The molecule has 1 saturated heterocycles. The van der Waals surface area contributed by atoms with E-state index in [9.17, 15) is 9.59 Å². The second kappa shape index (κ2) is 7.70. The van der Waals surface area contributed by atoms with Crippen LogP contribution in [0.1, 0.15) is 48.2 Å². The number of aliphatic carboxylic acids is 1. The lowest BCUT2D eigenvalue weighted by Crippen LogP contribution is -2.44. The van der Waals surface area contributed by atoms with E-state index in [4.69, 9.17) is 14.3 Å². The Morgan fingerprint density at radius 2 is 2.12 bits per heavy atom. The van der Waals surface area contributed by atoms with Crippen LogP contribution < -0.4 is 0 Å². The van der Waals surface area contributed by atoms with Crippen molar-refractivity contribution in [2.24, 2.45) is 0 Å². The summed E-state index contributed by atoms with van der Waals surface area (Å²) in [4.78, 5) is 25.8. The Kier molecular flexibility index (Phi) is 5.38. The summed E-state index contributed by atoms with van der Waals surface area (Å²) in [5.41, 5.74) is 1.42. The number of amides is 1. The Hall–Kier alpha value is -2.34. The van der Waals surface area contributed by atoms with Crippen molar-refractivity contribution in [1.29, 1.82) is 0 Å². The first-order chi connectivity index (χ1) is 12.1. The summed E-state index contributed by atoms with van der Waals surface area (Å²) in [7, 11) is 1.59. The zero-order valence-electron chi connectivity index (χ0n) is 14.4. The first kappa shape index (κ1) is 17.5. The molecule has 2 aromatic rings. The fraction of sp³-hybridized carbons (Fsp3) is 0.474. The molecule has 2 heterocycles. The van der Waals surface area contributed by atoms with Gasteiger partial charge in [-0.25, -0.2) is 0 Å². The number of carboxylic acid groups (broad SMARTS) is 1. The number of furan rings is 1. The van der Waals surface area contributed by atoms with E-state index in [1.807, 2.05) is 24.3 Å². The summed E-state index contributed by atoms with van der Waals surface area (Å²) in [6.45, 7) is 0.929. The van der Waals surface area contributed by atoms with E-state index in [2.05, 4.69) is 0 Å². The number of ether oxygens (including phenoxy) is 1. The standard InChI is InChI=1S/C19H23NO5/c1-24-12-15-14-7-2-3-8-16(14)25-18(15)19(23)20-11-5-4-6-13(20)9-10-17(21)22/h2-3,7-8,13H,4-6,9-12H2,1H3,(H,21,22). The van der Waals surface area contributed by atoms with Gasteiger partial charge in [0.2, 0.25) is 0 Å². The van der Waals surface area contributed by atoms with Gasteiger partial charge in [0, 0.05) is 37.1 Å². The first-order valence-electron chi connectivity index (χ1n) is 8.64. The van der Waals surface area contributed by atoms with Crippen molar-refractivity contribution >= 4 is 22.8 Å². The molecule has 1 unspecified atom stereocenters. The van der Waals surface area contributed by atoms with Gasteiger partial charge in [0.05, 0.1) is 6.61 Å². The second-order valence-corrected chi connectivity index (χ2v) is 6.42. The fourth-order valence-electron chi connectivity index (χ4n) is 3.55. The highest BCUT2D eigenvalue weighted by Crippen LogP contribution is 2.30. The molecule has 1 atom stereocenters. The van der Waals surface area contributed by atoms with Gasteiger partial charge in [0.25, 0.3) is 5.91 Å². The lowest BCUT2D eigenvalue weighted by atomic mass is 9.97. The summed E-state index contributed by atoms with van der Waals surface area (Å²) in [6.07, 6.45) is 3.31. The minimum Gasteiger partial charge on any atom is -0.481 e. The van der Waals surface area contributed by atoms with Crippen LogP contribution in [0.3, 0.4) is 0 Å². The van der Waals surface area contributed by atoms with Gasteiger partial charge in [-0.2, -0.15) is 0 Å². The normalized spacial score (nSPS) is 17.8.